The highest BCUT2D eigenvalue weighted by atomic mass is 16.2. The first-order chi connectivity index (χ1) is 18.5. The summed E-state index contributed by atoms with van der Waals surface area (Å²) in [5.41, 5.74) is 8.15. The molecule has 6 heteroatoms. The van der Waals surface area contributed by atoms with E-state index in [1.165, 1.54) is 0 Å². The Bertz CT molecular complexity index is 1580. The van der Waals surface area contributed by atoms with Crippen LogP contribution in [0.25, 0.3) is 11.5 Å². The van der Waals surface area contributed by atoms with Gasteiger partial charge in [0.25, 0.3) is 0 Å². The maximum atomic E-state index is 14.1. The lowest BCUT2D eigenvalue weighted by molar-refractivity contribution is 0.194. The van der Waals surface area contributed by atoms with Crippen molar-refractivity contribution >= 4 is 11.7 Å². The molecule has 1 aliphatic rings. The molecule has 3 heterocycles. The molecule has 0 bridgehead atoms. The van der Waals surface area contributed by atoms with E-state index in [4.69, 9.17) is 5.10 Å². The van der Waals surface area contributed by atoms with Crippen LogP contribution in [-0.2, 0) is 13.0 Å². The molecule has 190 valence electrons. The lowest BCUT2D eigenvalue weighted by Gasteiger charge is -2.31. The van der Waals surface area contributed by atoms with Crippen molar-refractivity contribution in [1.29, 1.82) is 0 Å². The molecule has 2 amide bonds. The Hall–Kier alpha value is -4.58. The van der Waals surface area contributed by atoms with Gasteiger partial charge in [0.2, 0.25) is 0 Å². The van der Waals surface area contributed by atoms with E-state index in [9.17, 15) is 4.79 Å². The van der Waals surface area contributed by atoms with Crippen LogP contribution in [0.2, 0.25) is 0 Å². The van der Waals surface area contributed by atoms with Gasteiger partial charge in [0, 0.05) is 17.4 Å². The molecule has 0 saturated carbocycles. The highest BCUT2D eigenvalue weighted by molar-refractivity contribution is 5.90. The molecule has 38 heavy (non-hydrogen) atoms. The number of urea groups is 1. The molecule has 0 unspecified atom stereocenters. The molecular formula is C32H31N5O. The van der Waals surface area contributed by atoms with Crippen molar-refractivity contribution in [3.05, 3.63) is 131 Å². The zero-order chi connectivity index (χ0) is 26.2. The van der Waals surface area contributed by atoms with Gasteiger partial charge in [0.05, 0.1) is 29.7 Å². The van der Waals surface area contributed by atoms with Crippen LogP contribution in [0, 0.1) is 13.8 Å². The molecule has 0 radical (unpaired) electrons. The minimum atomic E-state index is -0.279. The predicted octanol–water partition coefficient (Wildman–Crippen LogP) is 6.98. The largest absolute Gasteiger partial charge is 0.322 e. The molecule has 0 saturated heterocycles. The van der Waals surface area contributed by atoms with Crippen molar-refractivity contribution in [3.8, 4) is 11.5 Å². The second kappa shape index (κ2) is 9.71. The lowest BCUT2D eigenvalue weighted by Crippen LogP contribution is -2.38. The van der Waals surface area contributed by atoms with Crippen LogP contribution in [0.1, 0.15) is 46.6 Å². The Balaban J connectivity index is 1.54. The quantitative estimate of drug-likeness (QED) is 0.289. The summed E-state index contributed by atoms with van der Waals surface area (Å²) >= 11 is 0. The van der Waals surface area contributed by atoms with E-state index in [1.54, 1.807) is 0 Å². The van der Waals surface area contributed by atoms with Crippen molar-refractivity contribution < 1.29 is 4.79 Å². The average Bonchev–Trinajstić information content (AvgIpc) is 3.50. The maximum Gasteiger partial charge on any atom is 0.322 e. The van der Waals surface area contributed by atoms with Gasteiger partial charge < -0.3 is 14.8 Å². The minimum absolute atomic E-state index is 0.140. The van der Waals surface area contributed by atoms with Crippen LogP contribution in [0.15, 0.2) is 97.2 Å². The number of aromatic nitrogens is 3. The summed E-state index contributed by atoms with van der Waals surface area (Å²) in [4.78, 5) is 16.1. The summed E-state index contributed by atoms with van der Waals surface area (Å²) in [5, 5.41) is 8.24. The molecule has 6 nitrogen and oxygen atoms in total. The van der Waals surface area contributed by atoms with Crippen molar-refractivity contribution in [2.45, 2.75) is 39.8 Å². The summed E-state index contributed by atoms with van der Waals surface area (Å²) in [5.74, 6) is 0.982. The van der Waals surface area contributed by atoms with Crippen molar-refractivity contribution in [2.75, 3.05) is 5.32 Å². The van der Waals surface area contributed by atoms with Gasteiger partial charge in [0.1, 0.15) is 5.82 Å². The topological polar surface area (TPSA) is 55.1 Å². The predicted molar refractivity (Wildman–Crippen MR) is 151 cm³/mol. The van der Waals surface area contributed by atoms with E-state index in [0.29, 0.717) is 6.54 Å². The fourth-order valence-corrected chi connectivity index (χ4v) is 5.58. The number of rotatable bonds is 4. The van der Waals surface area contributed by atoms with E-state index >= 15 is 0 Å². The molecule has 0 fully saturated rings. The van der Waals surface area contributed by atoms with Gasteiger partial charge in [-0.3, -0.25) is 0 Å². The first-order valence-electron chi connectivity index (χ1n) is 13.1. The zero-order valence-electron chi connectivity index (χ0n) is 21.9. The van der Waals surface area contributed by atoms with E-state index in [0.717, 1.165) is 57.3 Å². The number of nitrogens with one attached hydrogen (secondary N) is 1. The second-order valence-electron chi connectivity index (χ2n) is 9.90. The number of fused-ring (bicyclic) bond motifs is 3. The molecule has 1 atom stereocenters. The molecular weight excluding hydrogens is 470 g/mol. The van der Waals surface area contributed by atoms with E-state index in [2.05, 4.69) is 59.4 Å². The van der Waals surface area contributed by atoms with E-state index < -0.39 is 0 Å². The van der Waals surface area contributed by atoms with Crippen LogP contribution >= 0.6 is 0 Å². The van der Waals surface area contributed by atoms with Crippen molar-refractivity contribution in [3.63, 3.8) is 0 Å². The molecule has 0 aliphatic carbocycles. The van der Waals surface area contributed by atoms with Crippen LogP contribution in [0.3, 0.4) is 0 Å². The molecule has 1 aliphatic heterocycles. The van der Waals surface area contributed by atoms with Crippen LogP contribution in [0.4, 0.5) is 10.5 Å². The van der Waals surface area contributed by atoms with Gasteiger partial charge in [-0.2, -0.15) is 5.10 Å². The van der Waals surface area contributed by atoms with Gasteiger partial charge in [-0.15, -0.1) is 0 Å². The molecule has 2 aromatic heterocycles. The molecule has 6 rings (SSSR count). The average molecular weight is 502 g/mol. The summed E-state index contributed by atoms with van der Waals surface area (Å²) < 4.78 is 4.22. The summed E-state index contributed by atoms with van der Waals surface area (Å²) in [6, 6.07) is 30.3. The van der Waals surface area contributed by atoms with E-state index in [-0.39, 0.29) is 12.1 Å². The molecule has 3 aromatic carbocycles. The normalized spacial score (nSPS) is 14.5. The summed E-state index contributed by atoms with van der Waals surface area (Å²) in [7, 11) is 0. The fraction of sp³-hybridized carbons (Fsp3) is 0.188. The van der Waals surface area contributed by atoms with Crippen LogP contribution in [0.5, 0.6) is 0 Å². The van der Waals surface area contributed by atoms with Gasteiger partial charge in [0.15, 0.2) is 0 Å². The number of para-hydroxylation sites is 1. The number of hydrogen-bond donors (Lipinski definition) is 1. The summed E-state index contributed by atoms with van der Waals surface area (Å²) in [6.07, 6.45) is 2.84. The molecule has 0 spiro atoms. The number of amides is 2. The second-order valence-corrected chi connectivity index (χ2v) is 9.90. The Kier molecular flexibility index (Phi) is 6.08. The summed E-state index contributed by atoms with van der Waals surface area (Å²) in [6.45, 7) is 6.65. The number of hydrogen-bond acceptors (Lipinski definition) is 2. The standard InChI is InChI=1S/C32H31N5O/c1-4-28-27-21-36(32(38)33-25-19-22(2)18-23(3)20-25)30(24-12-7-5-8-13-24)29-16-11-17-35(29)31(27)37(34-28)26-14-9-6-10-15-26/h5-20,30H,4,21H2,1-3H3,(H,33,38)/t30-/m0/s1. The number of carbonyl (C=O) groups excluding carboxylic acids is 1. The third-order valence-electron chi connectivity index (χ3n) is 7.15. The van der Waals surface area contributed by atoms with Crippen molar-refractivity contribution in [1.82, 2.24) is 19.2 Å². The lowest BCUT2D eigenvalue weighted by atomic mass is 10.0. The van der Waals surface area contributed by atoms with Gasteiger partial charge in [-0.25, -0.2) is 9.48 Å². The van der Waals surface area contributed by atoms with Gasteiger partial charge in [-0.05, 0) is 73.4 Å². The first-order valence-corrected chi connectivity index (χ1v) is 13.1. The minimum Gasteiger partial charge on any atom is -0.308 e. The molecule has 5 aromatic rings. The van der Waals surface area contributed by atoms with Crippen LogP contribution in [-0.4, -0.2) is 25.3 Å². The third kappa shape index (κ3) is 4.18. The fourth-order valence-electron chi connectivity index (χ4n) is 5.58. The smallest absolute Gasteiger partial charge is 0.308 e. The SMILES string of the molecule is CCc1nn(-c2ccccc2)c2c1CN(C(=O)Nc1cc(C)cc(C)c1)[C@@H](c1ccccc1)c1cccn1-2. The number of aryl methyl sites for hydroxylation is 3. The Labute approximate surface area is 223 Å². The number of nitrogens with zero attached hydrogens (tertiary/aromatic N) is 4. The number of benzene rings is 3. The Morgan fingerprint density at radius 2 is 1.61 bits per heavy atom. The zero-order valence-corrected chi connectivity index (χ0v) is 21.9. The Morgan fingerprint density at radius 3 is 2.29 bits per heavy atom. The Morgan fingerprint density at radius 1 is 0.921 bits per heavy atom. The third-order valence-corrected chi connectivity index (χ3v) is 7.15. The number of anilines is 1. The van der Waals surface area contributed by atoms with Gasteiger partial charge >= 0.3 is 6.03 Å². The van der Waals surface area contributed by atoms with Gasteiger partial charge in [-0.1, -0.05) is 61.5 Å². The van der Waals surface area contributed by atoms with Crippen LogP contribution < -0.4 is 5.32 Å². The highest BCUT2D eigenvalue weighted by Crippen LogP contribution is 2.39. The molecule has 1 N–H and O–H groups in total. The first kappa shape index (κ1) is 23.8. The monoisotopic (exact) mass is 501 g/mol. The highest BCUT2D eigenvalue weighted by Gasteiger charge is 2.36. The maximum absolute atomic E-state index is 14.1. The number of carbonyl (C=O) groups is 1. The van der Waals surface area contributed by atoms with Crippen molar-refractivity contribution in [2.24, 2.45) is 0 Å². The van der Waals surface area contributed by atoms with E-state index in [1.807, 2.05) is 78.0 Å².